The predicted molar refractivity (Wildman–Crippen MR) is 66.2 cm³/mol. The molecule has 6 nitrogen and oxygen atoms in total. The summed E-state index contributed by atoms with van der Waals surface area (Å²) in [7, 11) is 0. The van der Waals surface area contributed by atoms with Crippen molar-refractivity contribution in [3.8, 4) is 0 Å². The molecule has 0 bridgehead atoms. The molecule has 1 atom stereocenters. The number of nitrogens with zero attached hydrogens (tertiary/aromatic N) is 2. The zero-order valence-electron chi connectivity index (χ0n) is 10.9. The molecule has 0 aliphatic carbocycles. The number of carbonyl (C=O) groups is 2. The minimum Gasteiger partial charge on any atom is -0.450 e. The van der Waals surface area contributed by atoms with E-state index in [2.05, 4.69) is 5.32 Å². The molecule has 1 unspecified atom stereocenters. The van der Waals surface area contributed by atoms with Gasteiger partial charge in [-0.1, -0.05) is 0 Å². The normalized spacial score (nSPS) is 24.2. The topological polar surface area (TPSA) is 61.9 Å². The van der Waals surface area contributed by atoms with Gasteiger partial charge in [0.2, 0.25) is 5.91 Å². The van der Waals surface area contributed by atoms with Crippen LogP contribution in [0.15, 0.2) is 0 Å². The monoisotopic (exact) mass is 255 g/mol. The molecule has 2 aliphatic rings. The highest BCUT2D eigenvalue weighted by Crippen LogP contribution is 2.11. The largest absolute Gasteiger partial charge is 0.450 e. The number of hydrogen-bond donors (Lipinski definition) is 1. The molecule has 2 saturated heterocycles. The molecule has 0 radical (unpaired) electrons. The third-order valence-electron chi connectivity index (χ3n) is 3.48. The Labute approximate surface area is 107 Å². The van der Waals surface area contributed by atoms with Crippen LogP contribution in [-0.4, -0.2) is 67.2 Å². The zero-order valence-corrected chi connectivity index (χ0v) is 10.9. The number of rotatable bonds is 2. The van der Waals surface area contributed by atoms with Gasteiger partial charge in [0, 0.05) is 26.2 Å². The molecule has 2 fully saturated rings. The molecule has 6 heteroatoms. The minimum absolute atomic E-state index is 0.0147. The smallest absolute Gasteiger partial charge is 0.409 e. The lowest BCUT2D eigenvalue weighted by atomic mass is 10.2. The van der Waals surface area contributed by atoms with Crippen molar-refractivity contribution in [2.45, 2.75) is 25.8 Å². The van der Waals surface area contributed by atoms with Gasteiger partial charge in [-0.2, -0.15) is 0 Å². The van der Waals surface area contributed by atoms with Gasteiger partial charge in [0.1, 0.15) is 0 Å². The summed E-state index contributed by atoms with van der Waals surface area (Å²) in [6, 6.07) is -0.0147. The molecule has 2 aliphatic heterocycles. The van der Waals surface area contributed by atoms with Crippen LogP contribution in [0.3, 0.4) is 0 Å². The predicted octanol–water partition coefficient (Wildman–Crippen LogP) is 0.0391. The van der Waals surface area contributed by atoms with Gasteiger partial charge in [-0.25, -0.2) is 4.79 Å². The quantitative estimate of drug-likeness (QED) is 0.757. The van der Waals surface area contributed by atoms with E-state index in [1.54, 1.807) is 11.8 Å². The van der Waals surface area contributed by atoms with E-state index in [9.17, 15) is 9.59 Å². The van der Waals surface area contributed by atoms with E-state index in [1.165, 1.54) is 0 Å². The number of amides is 2. The van der Waals surface area contributed by atoms with Gasteiger partial charge < -0.3 is 19.9 Å². The molecule has 2 heterocycles. The lowest BCUT2D eigenvalue weighted by Gasteiger charge is -2.35. The molecule has 102 valence electrons. The molecule has 0 saturated carbocycles. The average Bonchev–Trinajstić information content (AvgIpc) is 2.92. The van der Waals surface area contributed by atoms with Crippen molar-refractivity contribution < 1.29 is 14.3 Å². The molecular formula is C12H21N3O3. The van der Waals surface area contributed by atoms with Gasteiger partial charge in [-0.05, 0) is 26.3 Å². The van der Waals surface area contributed by atoms with Gasteiger partial charge in [0.25, 0.3) is 0 Å². The Bertz CT molecular complexity index is 308. The van der Waals surface area contributed by atoms with E-state index < -0.39 is 0 Å². The maximum atomic E-state index is 12.1. The second-order valence-corrected chi connectivity index (χ2v) is 4.66. The molecular weight excluding hydrogens is 234 g/mol. The summed E-state index contributed by atoms with van der Waals surface area (Å²) < 4.78 is 4.95. The molecule has 2 rings (SSSR count). The highest BCUT2D eigenvalue weighted by atomic mass is 16.6. The van der Waals surface area contributed by atoms with Crippen LogP contribution in [0.4, 0.5) is 4.79 Å². The Morgan fingerprint density at radius 3 is 2.44 bits per heavy atom. The summed E-state index contributed by atoms with van der Waals surface area (Å²) in [5.41, 5.74) is 0. The van der Waals surface area contributed by atoms with Crippen LogP contribution >= 0.6 is 0 Å². The number of hydrogen-bond acceptors (Lipinski definition) is 4. The first-order valence-electron chi connectivity index (χ1n) is 6.66. The highest BCUT2D eigenvalue weighted by molar-refractivity contribution is 5.82. The summed E-state index contributed by atoms with van der Waals surface area (Å²) in [6.07, 6.45) is 1.72. The van der Waals surface area contributed by atoms with Crippen molar-refractivity contribution >= 4 is 12.0 Å². The summed E-state index contributed by atoms with van der Waals surface area (Å²) in [4.78, 5) is 27.2. The fourth-order valence-electron chi connectivity index (χ4n) is 2.44. The van der Waals surface area contributed by atoms with Gasteiger partial charge in [-0.15, -0.1) is 0 Å². The molecule has 0 aromatic rings. The van der Waals surface area contributed by atoms with Gasteiger partial charge in [-0.3, -0.25) is 4.79 Å². The second kappa shape index (κ2) is 6.04. The first kappa shape index (κ1) is 13.1. The zero-order chi connectivity index (χ0) is 13.0. The molecule has 0 aromatic heterocycles. The second-order valence-electron chi connectivity index (χ2n) is 4.66. The van der Waals surface area contributed by atoms with E-state index in [4.69, 9.17) is 4.74 Å². The van der Waals surface area contributed by atoms with Crippen LogP contribution in [0, 0.1) is 0 Å². The standard InChI is InChI=1S/C12H21N3O3/c1-2-18-12(17)15-8-6-14(7-9-15)11(16)10-4-3-5-13-10/h10,13H,2-9H2,1H3. The van der Waals surface area contributed by atoms with Crippen molar-refractivity contribution in [3.05, 3.63) is 0 Å². The minimum atomic E-state index is -0.274. The molecule has 2 amide bonds. The maximum Gasteiger partial charge on any atom is 0.409 e. The lowest BCUT2D eigenvalue weighted by Crippen LogP contribution is -2.54. The van der Waals surface area contributed by atoms with E-state index >= 15 is 0 Å². The summed E-state index contributed by atoms with van der Waals surface area (Å²) >= 11 is 0. The molecule has 0 spiro atoms. The van der Waals surface area contributed by atoms with Crippen LogP contribution in [0.5, 0.6) is 0 Å². The van der Waals surface area contributed by atoms with Crippen LogP contribution in [-0.2, 0) is 9.53 Å². The van der Waals surface area contributed by atoms with Gasteiger partial charge in [0.15, 0.2) is 0 Å². The van der Waals surface area contributed by atoms with E-state index in [0.717, 1.165) is 19.4 Å². The van der Waals surface area contributed by atoms with Crippen molar-refractivity contribution in [2.24, 2.45) is 0 Å². The summed E-state index contributed by atoms with van der Waals surface area (Å²) in [6.45, 7) is 5.47. The first-order chi connectivity index (χ1) is 8.72. The average molecular weight is 255 g/mol. The number of piperazine rings is 1. The van der Waals surface area contributed by atoms with E-state index in [-0.39, 0.29) is 18.0 Å². The Hall–Kier alpha value is -1.30. The van der Waals surface area contributed by atoms with Crippen molar-refractivity contribution in [2.75, 3.05) is 39.3 Å². The lowest BCUT2D eigenvalue weighted by molar-refractivity contribution is -0.134. The molecule has 18 heavy (non-hydrogen) atoms. The molecule has 1 N–H and O–H groups in total. The Morgan fingerprint density at radius 2 is 1.89 bits per heavy atom. The fraction of sp³-hybridized carbons (Fsp3) is 0.833. The van der Waals surface area contributed by atoms with Crippen LogP contribution in [0.25, 0.3) is 0 Å². The van der Waals surface area contributed by atoms with Gasteiger partial charge >= 0.3 is 6.09 Å². The summed E-state index contributed by atoms with van der Waals surface area (Å²) in [5.74, 6) is 0.177. The number of nitrogens with one attached hydrogen (secondary N) is 1. The third-order valence-corrected chi connectivity index (χ3v) is 3.48. The Balaban J connectivity index is 1.79. The van der Waals surface area contributed by atoms with E-state index in [0.29, 0.717) is 32.8 Å². The maximum absolute atomic E-state index is 12.1. The Kier molecular flexibility index (Phi) is 4.41. The fourth-order valence-corrected chi connectivity index (χ4v) is 2.44. The van der Waals surface area contributed by atoms with E-state index in [1.807, 2.05) is 4.90 Å². The van der Waals surface area contributed by atoms with Crippen LogP contribution in [0.1, 0.15) is 19.8 Å². The molecule has 0 aromatic carbocycles. The first-order valence-corrected chi connectivity index (χ1v) is 6.66. The SMILES string of the molecule is CCOC(=O)N1CCN(C(=O)C2CCCN2)CC1. The van der Waals surface area contributed by atoms with Gasteiger partial charge in [0.05, 0.1) is 12.6 Å². The number of ether oxygens (including phenoxy) is 1. The van der Waals surface area contributed by atoms with Crippen LogP contribution < -0.4 is 5.32 Å². The summed E-state index contributed by atoms with van der Waals surface area (Å²) in [5, 5.41) is 3.21. The van der Waals surface area contributed by atoms with Crippen molar-refractivity contribution in [1.82, 2.24) is 15.1 Å². The number of carbonyl (C=O) groups excluding carboxylic acids is 2. The van der Waals surface area contributed by atoms with Crippen molar-refractivity contribution in [3.63, 3.8) is 0 Å². The van der Waals surface area contributed by atoms with Crippen molar-refractivity contribution in [1.29, 1.82) is 0 Å². The van der Waals surface area contributed by atoms with Crippen LogP contribution in [0.2, 0.25) is 0 Å². The third kappa shape index (κ3) is 2.93. The highest BCUT2D eigenvalue weighted by Gasteiger charge is 2.30. The Morgan fingerprint density at radius 1 is 1.22 bits per heavy atom.